The van der Waals surface area contributed by atoms with Crippen LogP contribution < -0.4 is 5.32 Å². The van der Waals surface area contributed by atoms with Crippen molar-refractivity contribution in [2.24, 2.45) is 7.05 Å². The average molecular weight is 288 g/mol. The van der Waals surface area contributed by atoms with Gasteiger partial charge in [0.1, 0.15) is 0 Å². The molecule has 112 valence electrons. The molecule has 1 saturated carbocycles. The van der Waals surface area contributed by atoms with E-state index in [4.69, 9.17) is 5.11 Å². The minimum atomic E-state index is -0.276. The van der Waals surface area contributed by atoms with Crippen molar-refractivity contribution < 1.29 is 9.90 Å². The van der Waals surface area contributed by atoms with Gasteiger partial charge in [-0.05, 0) is 32.8 Å². The SMILES string of the molecule is Cc1nn(C)c2nc(C3CC3)cc(C(=O)NC(C)CO)c12. The number of rotatable bonds is 4. The second-order valence-electron chi connectivity index (χ2n) is 5.83. The lowest BCUT2D eigenvalue weighted by molar-refractivity contribution is 0.0924. The van der Waals surface area contributed by atoms with Crippen molar-refractivity contribution in [3.05, 3.63) is 23.0 Å². The molecule has 1 aliphatic rings. The van der Waals surface area contributed by atoms with Crippen LogP contribution in [0.25, 0.3) is 11.0 Å². The smallest absolute Gasteiger partial charge is 0.252 e. The van der Waals surface area contributed by atoms with Gasteiger partial charge in [0.25, 0.3) is 5.91 Å². The Kier molecular flexibility index (Phi) is 3.41. The molecule has 1 fully saturated rings. The first-order valence-corrected chi connectivity index (χ1v) is 7.27. The van der Waals surface area contributed by atoms with Gasteiger partial charge in [0.2, 0.25) is 0 Å². The van der Waals surface area contributed by atoms with Gasteiger partial charge in [0, 0.05) is 24.7 Å². The molecule has 2 aromatic rings. The van der Waals surface area contributed by atoms with Crippen LogP contribution in [0.2, 0.25) is 0 Å². The highest BCUT2D eigenvalue weighted by Gasteiger charge is 2.28. The van der Waals surface area contributed by atoms with E-state index in [1.165, 1.54) is 0 Å². The lowest BCUT2D eigenvalue weighted by atomic mass is 10.1. The number of pyridine rings is 1. The highest BCUT2D eigenvalue weighted by Crippen LogP contribution is 2.40. The first-order valence-electron chi connectivity index (χ1n) is 7.27. The van der Waals surface area contributed by atoms with Crippen molar-refractivity contribution in [1.29, 1.82) is 0 Å². The fourth-order valence-corrected chi connectivity index (χ4v) is 2.58. The van der Waals surface area contributed by atoms with Gasteiger partial charge in [-0.15, -0.1) is 0 Å². The molecule has 6 heteroatoms. The zero-order chi connectivity index (χ0) is 15.1. The molecule has 2 N–H and O–H groups in total. The molecule has 2 aromatic heterocycles. The van der Waals surface area contributed by atoms with E-state index in [9.17, 15) is 4.79 Å². The van der Waals surface area contributed by atoms with Crippen molar-refractivity contribution in [1.82, 2.24) is 20.1 Å². The Hall–Kier alpha value is -1.95. The summed E-state index contributed by atoms with van der Waals surface area (Å²) >= 11 is 0. The van der Waals surface area contributed by atoms with Crippen LogP contribution in [-0.4, -0.2) is 38.4 Å². The number of nitrogens with one attached hydrogen (secondary N) is 1. The van der Waals surface area contributed by atoms with Gasteiger partial charge in [0.05, 0.1) is 23.3 Å². The molecular weight excluding hydrogens is 268 g/mol. The maximum absolute atomic E-state index is 12.5. The quantitative estimate of drug-likeness (QED) is 0.887. The third kappa shape index (κ3) is 2.51. The van der Waals surface area contributed by atoms with E-state index in [0.717, 1.165) is 35.3 Å². The molecule has 0 saturated heterocycles. The number of hydrogen-bond donors (Lipinski definition) is 2. The van der Waals surface area contributed by atoms with Crippen LogP contribution >= 0.6 is 0 Å². The van der Waals surface area contributed by atoms with E-state index >= 15 is 0 Å². The standard InChI is InChI=1S/C15H20N4O2/c1-8(7-20)16-15(21)11-6-12(10-4-5-10)17-14-13(11)9(2)18-19(14)3/h6,8,10,20H,4-5,7H2,1-3H3,(H,16,21). The predicted molar refractivity (Wildman–Crippen MR) is 79.2 cm³/mol. The van der Waals surface area contributed by atoms with E-state index in [1.54, 1.807) is 11.6 Å². The molecule has 6 nitrogen and oxygen atoms in total. The van der Waals surface area contributed by atoms with Crippen LogP contribution in [0, 0.1) is 6.92 Å². The monoisotopic (exact) mass is 288 g/mol. The Balaban J connectivity index is 2.12. The van der Waals surface area contributed by atoms with E-state index in [-0.39, 0.29) is 18.6 Å². The summed E-state index contributed by atoms with van der Waals surface area (Å²) in [6, 6.07) is 1.61. The maximum Gasteiger partial charge on any atom is 0.252 e. The number of fused-ring (bicyclic) bond motifs is 1. The molecule has 2 heterocycles. The topological polar surface area (TPSA) is 80.0 Å². The fraction of sp³-hybridized carbons (Fsp3) is 0.533. The van der Waals surface area contributed by atoms with Gasteiger partial charge in [-0.2, -0.15) is 5.10 Å². The van der Waals surface area contributed by atoms with Crippen LogP contribution in [0.5, 0.6) is 0 Å². The number of nitrogens with zero attached hydrogens (tertiary/aromatic N) is 3. The number of aliphatic hydroxyl groups excluding tert-OH is 1. The Labute approximate surface area is 123 Å². The molecule has 1 atom stereocenters. The Bertz CT molecular complexity index is 703. The lowest BCUT2D eigenvalue weighted by Crippen LogP contribution is -2.35. The lowest BCUT2D eigenvalue weighted by Gasteiger charge is -2.12. The normalized spacial score (nSPS) is 16.2. The number of carbonyl (C=O) groups is 1. The number of aliphatic hydroxyl groups is 1. The van der Waals surface area contributed by atoms with Crippen molar-refractivity contribution in [3.8, 4) is 0 Å². The van der Waals surface area contributed by atoms with Crippen LogP contribution in [-0.2, 0) is 7.05 Å². The highest BCUT2D eigenvalue weighted by molar-refractivity contribution is 6.06. The van der Waals surface area contributed by atoms with Gasteiger partial charge in [-0.3, -0.25) is 9.48 Å². The number of aromatic nitrogens is 3. The van der Waals surface area contributed by atoms with Crippen LogP contribution in [0.4, 0.5) is 0 Å². The third-order valence-electron chi connectivity index (χ3n) is 3.88. The second-order valence-corrected chi connectivity index (χ2v) is 5.83. The summed E-state index contributed by atoms with van der Waals surface area (Å²) in [5.41, 5.74) is 3.11. The molecule has 0 aromatic carbocycles. The first kappa shape index (κ1) is 14.0. The molecule has 3 rings (SSSR count). The third-order valence-corrected chi connectivity index (χ3v) is 3.88. The van der Waals surface area contributed by atoms with Gasteiger partial charge >= 0.3 is 0 Å². The molecule has 1 aliphatic carbocycles. The second kappa shape index (κ2) is 5.11. The first-order chi connectivity index (χ1) is 10.0. The molecule has 21 heavy (non-hydrogen) atoms. The minimum absolute atomic E-state index is 0.0819. The summed E-state index contributed by atoms with van der Waals surface area (Å²) in [6.07, 6.45) is 2.26. The fourth-order valence-electron chi connectivity index (χ4n) is 2.58. The molecular formula is C15H20N4O2. The van der Waals surface area contributed by atoms with Crippen LogP contribution in [0.3, 0.4) is 0 Å². The minimum Gasteiger partial charge on any atom is -0.394 e. The number of aryl methyl sites for hydroxylation is 2. The molecule has 0 aliphatic heterocycles. The van der Waals surface area contributed by atoms with E-state index in [1.807, 2.05) is 20.0 Å². The van der Waals surface area contributed by atoms with Crippen molar-refractivity contribution in [3.63, 3.8) is 0 Å². The Morgan fingerprint density at radius 1 is 1.57 bits per heavy atom. The van der Waals surface area contributed by atoms with Crippen molar-refractivity contribution in [2.45, 2.75) is 38.6 Å². The summed E-state index contributed by atoms with van der Waals surface area (Å²) in [5.74, 6) is 0.286. The highest BCUT2D eigenvalue weighted by atomic mass is 16.3. The predicted octanol–water partition coefficient (Wildman–Crippen LogP) is 1.26. The summed E-state index contributed by atoms with van der Waals surface area (Å²) in [5, 5.41) is 17.1. The van der Waals surface area contributed by atoms with E-state index < -0.39 is 0 Å². The summed E-state index contributed by atoms with van der Waals surface area (Å²) in [6.45, 7) is 3.57. The molecule has 1 unspecified atom stereocenters. The van der Waals surface area contributed by atoms with Gasteiger partial charge in [-0.25, -0.2) is 4.98 Å². The van der Waals surface area contributed by atoms with Gasteiger partial charge in [0.15, 0.2) is 5.65 Å². The summed E-state index contributed by atoms with van der Waals surface area (Å²) in [7, 11) is 1.84. The van der Waals surface area contributed by atoms with Crippen molar-refractivity contribution >= 4 is 16.9 Å². The molecule has 0 radical (unpaired) electrons. The van der Waals surface area contributed by atoms with Gasteiger partial charge < -0.3 is 10.4 Å². The molecule has 1 amide bonds. The zero-order valence-electron chi connectivity index (χ0n) is 12.6. The maximum atomic E-state index is 12.5. The Morgan fingerprint density at radius 2 is 2.29 bits per heavy atom. The largest absolute Gasteiger partial charge is 0.394 e. The summed E-state index contributed by atoms with van der Waals surface area (Å²) < 4.78 is 1.72. The number of carbonyl (C=O) groups excluding carboxylic acids is 1. The van der Waals surface area contributed by atoms with Crippen molar-refractivity contribution in [2.75, 3.05) is 6.61 Å². The summed E-state index contributed by atoms with van der Waals surface area (Å²) in [4.78, 5) is 17.2. The average Bonchev–Trinajstić information content (AvgIpc) is 3.26. The van der Waals surface area contributed by atoms with Crippen LogP contribution in [0.1, 0.15) is 47.4 Å². The number of hydrogen-bond acceptors (Lipinski definition) is 4. The van der Waals surface area contributed by atoms with Crippen LogP contribution in [0.15, 0.2) is 6.07 Å². The van der Waals surface area contributed by atoms with Gasteiger partial charge in [-0.1, -0.05) is 0 Å². The molecule has 0 spiro atoms. The van der Waals surface area contributed by atoms with E-state index in [0.29, 0.717) is 11.5 Å². The zero-order valence-corrected chi connectivity index (χ0v) is 12.6. The Morgan fingerprint density at radius 3 is 2.90 bits per heavy atom. The van der Waals surface area contributed by atoms with E-state index in [2.05, 4.69) is 15.4 Å². The number of amides is 1. The molecule has 0 bridgehead atoms.